The second-order valence-electron chi connectivity index (χ2n) is 13.1. The van der Waals surface area contributed by atoms with Gasteiger partial charge in [-0.05, 0) is 76.5 Å². The monoisotopic (exact) mass is 624 g/mol. The highest BCUT2D eigenvalue weighted by Crippen LogP contribution is 2.54. The van der Waals surface area contributed by atoms with Gasteiger partial charge in [0.2, 0.25) is 5.91 Å². The number of likely N-dealkylation sites (tertiary alicyclic amines) is 1. The number of thioether (sulfide) groups is 1. The first kappa shape index (κ1) is 31.6. The molecule has 4 fully saturated rings. The lowest BCUT2D eigenvalue weighted by atomic mass is 9.71. The number of ether oxygens (including phenoxy) is 1. The summed E-state index contributed by atoms with van der Waals surface area (Å²) < 4.78 is 20.4. The second-order valence-corrected chi connectivity index (χ2v) is 14.6. The number of piperazine rings is 1. The average Bonchev–Trinajstić information content (AvgIpc) is 3.60. The fourth-order valence-electron chi connectivity index (χ4n) is 8.52. The average molecular weight is 625 g/mol. The first-order valence-corrected chi connectivity index (χ1v) is 16.9. The molecule has 1 aliphatic carbocycles. The van der Waals surface area contributed by atoms with Gasteiger partial charge in [-0.25, -0.2) is 9.29 Å². The van der Waals surface area contributed by atoms with E-state index in [4.69, 9.17) is 4.74 Å². The van der Waals surface area contributed by atoms with E-state index in [9.17, 15) is 19.2 Å². The molecule has 1 spiro atoms. The van der Waals surface area contributed by atoms with Gasteiger partial charge < -0.3 is 14.5 Å². The van der Waals surface area contributed by atoms with E-state index in [-0.39, 0.29) is 48.1 Å². The van der Waals surface area contributed by atoms with Crippen molar-refractivity contribution in [3.05, 3.63) is 42.2 Å². The number of Topliss-reactive ketones (excluding diaryl/α,β-unsaturated/α-hetero) is 1. The van der Waals surface area contributed by atoms with Gasteiger partial charge in [-0.3, -0.25) is 19.4 Å². The number of fused-ring (bicyclic) bond motifs is 2. The normalized spacial score (nSPS) is 35.1. The van der Waals surface area contributed by atoms with Gasteiger partial charge in [-0.2, -0.15) is 5.26 Å². The summed E-state index contributed by atoms with van der Waals surface area (Å²) in [4.78, 5) is 39.5. The molecular formula is C33H45FN6O3S. The van der Waals surface area contributed by atoms with Crippen LogP contribution in [0.15, 0.2) is 35.7 Å². The molecule has 4 heterocycles. The van der Waals surface area contributed by atoms with Gasteiger partial charge in [0, 0.05) is 43.0 Å². The number of carbonyl (C=O) groups is 2. The van der Waals surface area contributed by atoms with Gasteiger partial charge in [0.1, 0.15) is 5.82 Å². The van der Waals surface area contributed by atoms with Gasteiger partial charge >= 0.3 is 0 Å². The molecule has 6 unspecified atom stereocenters. The van der Waals surface area contributed by atoms with Crippen molar-refractivity contribution in [3.8, 4) is 6.07 Å². The molecule has 4 aliphatic heterocycles. The molecule has 9 nitrogen and oxygen atoms in total. The molecule has 7 atom stereocenters. The predicted octanol–water partition coefficient (Wildman–Crippen LogP) is 3.16. The zero-order chi connectivity index (χ0) is 31.2. The third kappa shape index (κ3) is 5.52. The van der Waals surface area contributed by atoms with Crippen molar-refractivity contribution in [2.24, 2.45) is 5.92 Å². The van der Waals surface area contributed by atoms with Gasteiger partial charge in [0.15, 0.2) is 12.1 Å². The summed E-state index contributed by atoms with van der Waals surface area (Å²) in [5.74, 6) is -0.185. The van der Waals surface area contributed by atoms with Gasteiger partial charge in [0.25, 0.3) is 0 Å². The highest BCUT2D eigenvalue weighted by molar-refractivity contribution is 8.01. The molecule has 1 aromatic rings. The Morgan fingerprint density at radius 2 is 2.07 bits per heavy atom. The fourth-order valence-corrected chi connectivity index (χ4v) is 10.1. The quantitative estimate of drug-likeness (QED) is 0.425. The number of nitriles is 1. The van der Waals surface area contributed by atoms with E-state index < -0.39 is 11.1 Å². The Balaban J connectivity index is 1.32. The molecule has 44 heavy (non-hydrogen) atoms. The summed E-state index contributed by atoms with van der Waals surface area (Å²) in [5, 5.41) is 9.65. The largest absolute Gasteiger partial charge is 0.348 e. The zero-order valence-corrected chi connectivity index (χ0v) is 27.0. The van der Waals surface area contributed by atoms with E-state index in [1.165, 1.54) is 12.1 Å². The van der Waals surface area contributed by atoms with Crippen molar-refractivity contribution in [1.29, 1.82) is 5.26 Å². The SMILES string of the molecule is C=CC(=O)N1CCN(C2C3CC[C@@]4(Cc5ccc(F)cc5S4)C(=O)C3N(C)C(OCC3CCCN3C)N2CC)CC1CC#N. The number of hydrogen-bond acceptors (Lipinski definition) is 9. The Labute approximate surface area is 264 Å². The fraction of sp³-hybridized carbons (Fsp3) is 0.667. The Hall–Kier alpha value is -2.33. The van der Waals surface area contributed by atoms with Crippen molar-refractivity contribution in [2.75, 3.05) is 53.4 Å². The Kier molecular flexibility index (Phi) is 9.22. The van der Waals surface area contributed by atoms with Crippen molar-refractivity contribution < 1.29 is 18.7 Å². The molecule has 6 rings (SSSR count). The minimum Gasteiger partial charge on any atom is -0.348 e. The number of hydrogen-bond donors (Lipinski definition) is 0. The van der Waals surface area contributed by atoms with Gasteiger partial charge in [-0.15, -0.1) is 11.8 Å². The molecule has 0 N–H and O–H groups in total. The van der Waals surface area contributed by atoms with Crippen LogP contribution in [0, 0.1) is 23.1 Å². The van der Waals surface area contributed by atoms with Crippen LogP contribution in [-0.2, 0) is 20.7 Å². The first-order valence-electron chi connectivity index (χ1n) is 16.1. The number of rotatable bonds is 7. The van der Waals surface area contributed by atoms with Crippen molar-refractivity contribution >= 4 is 23.5 Å². The highest BCUT2D eigenvalue weighted by atomic mass is 32.2. The molecule has 0 radical (unpaired) electrons. The van der Waals surface area contributed by atoms with Crippen LogP contribution >= 0.6 is 11.8 Å². The summed E-state index contributed by atoms with van der Waals surface area (Å²) in [6.45, 7) is 9.91. The first-order chi connectivity index (χ1) is 21.2. The van der Waals surface area contributed by atoms with Crippen LogP contribution in [0.2, 0.25) is 0 Å². The maximum Gasteiger partial charge on any atom is 0.246 e. The molecule has 1 amide bonds. The summed E-state index contributed by atoms with van der Waals surface area (Å²) >= 11 is 1.55. The smallest absolute Gasteiger partial charge is 0.246 e. The number of amides is 1. The summed E-state index contributed by atoms with van der Waals surface area (Å²) in [7, 11) is 4.18. The molecule has 238 valence electrons. The zero-order valence-electron chi connectivity index (χ0n) is 26.2. The molecule has 0 aromatic heterocycles. The molecule has 11 heteroatoms. The van der Waals surface area contributed by atoms with Gasteiger partial charge in [-0.1, -0.05) is 19.6 Å². The number of carbonyl (C=O) groups excluding carboxylic acids is 2. The van der Waals surface area contributed by atoms with Crippen LogP contribution in [0.5, 0.6) is 0 Å². The highest BCUT2D eigenvalue weighted by Gasteiger charge is 2.60. The minimum atomic E-state index is -0.612. The molecule has 1 saturated carbocycles. The van der Waals surface area contributed by atoms with Crippen LogP contribution in [0.4, 0.5) is 4.39 Å². The minimum absolute atomic E-state index is 0.0255. The number of likely N-dealkylation sites (N-methyl/N-ethyl adjacent to an activating group) is 2. The summed E-state index contributed by atoms with van der Waals surface area (Å²) in [5.41, 5.74) is 1.05. The Bertz CT molecular complexity index is 1320. The van der Waals surface area contributed by atoms with E-state index >= 15 is 0 Å². The number of nitrogens with zero attached hydrogens (tertiary/aromatic N) is 6. The summed E-state index contributed by atoms with van der Waals surface area (Å²) in [6, 6.07) is 6.92. The molecule has 0 bridgehead atoms. The maximum atomic E-state index is 14.8. The van der Waals surface area contributed by atoms with E-state index in [0.717, 1.165) is 49.2 Å². The van der Waals surface area contributed by atoms with E-state index in [0.29, 0.717) is 38.7 Å². The van der Waals surface area contributed by atoms with Crippen LogP contribution in [0.3, 0.4) is 0 Å². The van der Waals surface area contributed by atoms with Crippen LogP contribution < -0.4 is 0 Å². The lowest BCUT2D eigenvalue weighted by molar-refractivity contribution is -0.249. The third-order valence-electron chi connectivity index (χ3n) is 10.8. The number of halogens is 1. The molecule has 1 aromatic carbocycles. The van der Waals surface area contributed by atoms with Crippen molar-refractivity contribution in [2.45, 2.75) is 85.7 Å². The lowest BCUT2D eigenvalue weighted by Gasteiger charge is -2.60. The standard InChI is InChI=1S/C33H45FN6O3S/c1-5-28(41)40-17-16-38(20-24(40)12-14-35)31-26-11-13-33(19-22-9-10-23(34)18-27(22)44-33)30(42)29(26)37(4)32(39(31)6-2)43-21-25-8-7-15-36(25)3/h5,9-10,18,24-26,29,31-32H,1,6-8,11-13,15-17,19-21H2,2-4H3/t24?,25?,26?,29?,31?,32?,33-/m1/s1. The third-order valence-corrected chi connectivity index (χ3v) is 12.3. The predicted molar refractivity (Wildman–Crippen MR) is 167 cm³/mol. The topological polar surface area (TPSA) is 83.4 Å². The van der Waals surface area contributed by atoms with Crippen LogP contribution in [0.1, 0.15) is 44.6 Å². The Morgan fingerprint density at radius 3 is 2.77 bits per heavy atom. The molecule has 5 aliphatic rings. The van der Waals surface area contributed by atoms with Crippen LogP contribution in [0.25, 0.3) is 0 Å². The lowest BCUT2D eigenvalue weighted by Crippen LogP contribution is -2.75. The van der Waals surface area contributed by atoms with E-state index in [1.54, 1.807) is 22.7 Å². The van der Waals surface area contributed by atoms with Gasteiger partial charge in [0.05, 0.1) is 42.1 Å². The maximum absolute atomic E-state index is 14.8. The molecule has 3 saturated heterocycles. The van der Waals surface area contributed by atoms with Crippen molar-refractivity contribution in [3.63, 3.8) is 0 Å². The van der Waals surface area contributed by atoms with E-state index in [1.807, 2.05) is 13.1 Å². The number of ketones is 1. The second kappa shape index (κ2) is 12.8. The van der Waals surface area contributed by atoms with E-state index in [2.05, 4.69) is 46.2 Å². The van der Waals surface area contributed by atoms with Crippen LogP contribution in [-0.4, -0.2) is 125 Å². The van der Waals surface area contributed by atoms with Crippen molar-refractivity contribution in [1.82, 2.24) is 24.5 Å². The Morgan fingerprint density at radius 1 is 1.25 bits per heavy atom. The number of benzene rings is 1. The molecular weight excluding hydrogens is 579 g/mol. The summed E-state index contributed by atoms with van der Waals surface area (Å²) in [6.07, 6.45) is 5.54.